The molecule has 5 aromatic rings. The van der Waals surface area contributed by atoms with Crippen LogP contribution in [0.25, 0.3) is 10.9 Å². The third-order valence-corrected chi connectivity index (χ3v) is 10.5. The Morgan fingerprint density at radius 1 is 0.667 bits per heavy atom. The zero-order valence-electron chi connectivity index (χ0n) is 18.7. The highest BCUT2D eigenvalue weighted by Gasteiger charge is 2.46. The molecule has 0 N–H and O–H groups in total. The summed E-state index contributed by atoms with van der Waals surface area (Å²) >= 11 is 0. The molecule has 4 aromatic carbocycles. The first-order chi connectivity index (χ1) is 16.1. The van der Waals surface area contributed by atoms with Crippen LogP contribution >= 0.6 is 7.26 Å². The van der Waals surface area contributed by atoms with Crippen LogP contribution in [0.15, 0.2) is 103 Å². The molecular weight excluding hydrogens is 426 g/mol. The van der Waals surface area contributed by atoms with Gasteiger partial charge in [-0.1, -0.05) is 54.6 Å². The summed E-state index contributed by atoms with van der Waals surface area (Å²) in [7, 11) is -2.10. The first-order valence-corrected chi connectivity index (χ1v) is 13.0. The Morgan fingerprint density at radius 2 is 1.15 bits per heavy atom. The van der Waals surface area contributed by atoms with E-state index < -0.39 is 7.26 Å². The number of hydrogen-bond donors (Lipinski definition) is 0. The Bertz CT molecular complexity index is 1310. The molecule has 0 amide bonds. The average Bonchev–Trinajstić information content (AvgIpc) is 2.85. The first-order valence-electron chi connectivity index (χ1n) is 11.1. The fraction of sp³-hybridized carbons (Fsp3) is 0.103. The molecule has 0 aliphatic rings. The van der Waals surface area contributed by atoms with E-state index in [9.17, 15) is 4.39 Å². The van der Waals surface area contributed by atoms with Gasteiger partial charge in [0.1, 0.15) is 35.2 Å². The van der Waals surface area contributed by atoms with E-state index in [-0.39, 0.29) is 5.82 Å². The maximum absolute atomic E-state index is 14.1. The monoisotopic (exact) mass is 451 g/mol. The summed E-state index contributed by atoms with van der Waals surface area (Å²) in [6.07, 6.45) is 0.693. The number of halogens is 1. The SMILES string of the molecule is Cc1nc(C[P+](c2ccccc2)(c2ccccc2)c2ccccc2)nc2c(C)cc(F)cc12. The van der Waals surface area contributed by atoms with Gasteiger partial charge >= 0.3 is 0 Å². The molecule has 0 saturated carbocycles. The van der Waals surface area contributed by atoms with Gasteiger partial charge < -0.3 is 0 Å². The molecule has 0 unspecified atom stereocenters. The minimum atomic E-state index is -2.10. The van der Waals surface area contributed by atoms with Crippen LogP contribution in [0, 0.1) is 19.7 Å². The fourth-order valence-corrected chi connectivity index (χ4v) is 8.67. The third-order valence-electron chi connectivity index (χ3n) is 6.16. The van der Waals surface area contributed by atoms with Crippen LogP contribution in [-0.2, 0) is 6.16 Å². The summed E-state index contributed by atoms with van der Waals surface area (Å²) in [6, 6.07) is 35.2. The van der Waals surface area contributed by atoms with Crippen LogP contribution in [0.2, 0.25) is 0 Å². The van der Waals surface area contributed by atoms with Crippen molar-refractivity contribution in [2.45, 2.75) is 20.0 Å². The number of benzene rings is 4. The number of rotatable bonds is 5. The number of nitrogens with zero attached hydrogens (tertiary/aromatic N) is 2. The average molecular weight is 452 g/mol. The molecule has 33 heavy (non-hydrogen) atoms. The van der Waals surface area contributed by atoms with Crippen LogP contribution < -0.4 is 15.9 Å². The van der Waals surface area contributed by atoms with Gasteiger partial charge in [0.25, 0.3) is 0 Å². The summed E-state index contributed by atoms with van der Waals surface area (Å²) in [5, 5.41) is 4.65. The Balaban J connectivity index is 1.79. The van der Waals surface area contributed by atoms with Gasteiger partial charge in [0.2, 0.25) is 0 Å². The second-order valence-electron chi connectivity index (χ2n) is 8.32. The van der Waals surface area contributed by atoms with E-state index in [1.807, 2.05) is 13.8 Å². The molecule has 0 saturated heterocycles. The zero-order chi connectivity index (χ0) is 22.8. The maximum atomic E-state index is 14.1. The van der Waals surface area contributed by atoms with Crippen molar-refractivity contribution in [3.8, 4) is 0 Å². The van der Waals surface area contributed by atoms with Crippen LogP contribution in [0.1, 0.15) is 17.1 Å². The lowest BCUT2D eigenvalue weighted by Crippen LogP contribution is -2.33. The van der Waals surface area contributed by atoms with Gasteiger partial charge in [-0.2, -0.15) is 0 Å². The van der Waals surface area contributed by atoms with Gasteiger partial charge in [-0.05, 0) is 67.9 Å². The Morgan fingerprint density at radius 3 is 1.64 bits per heavy atom. The van der Waals surface area contributed by atoms with E-state index in [0.29, 0.717) is 6.16 Å². The Kier molecular flexibility index (Phi) is 5.74. The summed E-state index contributed by atoms with van der Waals surface area (Å²) in [6.45, 7) is 3.86. The van der Waals surface area contributed by atoms with Crippen molar-refractivity contribution in [1.29, 1.82) is 0 Å². The minimum Gasteiger partial charge on any atom is -0.234 e. The highest BCUT2D eigenvalue weighted by molar-refractivity contribution is 7.95. The molecule has 0 spiro atoms. The van der Waals surface area contributed by atoms with Gasteiger partial charge in [-0.25, -0.2) is 14.4 Å². The molecule has 0 bridgehead atoms. The fourth-order valence-electron chi connectivity index (χ4n) is 4.62. The van der Waals surface area contributed by atoms with E-state index in [4.69, 9.17) is 9.97 Å². The molecule has 1 aromatic heterocycles. The number of aromatic nitrogens is 2. The molecule has 0 aliphatic carbocycles. The summed E-state index contributed by atoms with van der Waals surface area (Å²) in [5.41, 5.74) is 2.47. The van der Waals surface area contributed by atoms with Crippen molar-refractivity contribution in [3.05, 3.63) is 126 Å². The molecule has 0 fully saturated rings. The van der Waals surface area contributed by atoms with Crippen LogP contribution in [0.3, 0.4) is 0 Å². The van der Waals surface area contributed by atoms with E-state index in [1.165, 1.54) is 22.0 Å². The lowest BCUT2D eigenvalue weighted by atomic mass is 10.1. The summed E-state index contributed by atoms with van der Waals surface area (Å²) in [5.74, 6) is 0.541. The van der Waals surface area contributed by atoms with Crippen LogP contribution in [0.5, 0.6) is 0 Å². The number of aryl methyl sites for hydroxylation is 2. The van der Waals surface area contributed by atoms with E-state index in [1.54, 1.807) is 6.07 Å². The highest BCUT2D eigenvalue weighted by Crippen LogP contribution is 2.57. The van der Waals surface area contributed by atoms with Gasteiger partial charge in [0.05, 0.1) is 5.52 Å². The van der Waals surface area contributed by atoms with E-state index in [2.05, 4.69) is 91.0 Å². The molecule has 4 heteroatoms. The van der Waals surface area contributed by atoms with Crippen LogP contribution in [-0.4, -0.2) is 9.97 Å². The maximum Gasteiger partial charge on any atom is 0.167 e. The predicted octanol–water partition coefficient (Wildman–Crippen LogP) is 5.88. The Hall–Kier alpha value is -3.42. The standard InChI is InChI=1S/C29H25FN2P/c1-21-18-23(30)19-27-22(2)31-28(32-29(21)27)20-33(24-12-6-3-7-13-24,25-14-8-4-9-15-25)26-16-10-5-11-17-26/h3-19H,20H2,1-2H3/q+1. The normalized spacial score (nSPS) is 11.6. The Labute approximate surface area is 194 Å². The second kappa shape index (κ2) is 8.84. The molecule has 0 radical (unpaired) electrons. The first kappa shape index (κ1) is 21.4. The van der Waals surface area contributed by atoms with Crippen molar-refractivity contribution in [2.75, 3.05) is 0 Å². The van der Waals surface area contributed by atoms with Crippen molar-refractivity contribution in [1.82, 2.24) is 9.97 Å². The van der Waals surface area contributed by atoms with Crippen molar-refractivity contribution in [2.24, 2.45) is 0 Å². The quantitative estimate of drug-likeness (QED) is 0.312. The molecular formula is C29H25FN2P+. The van der Waals surface area contributed by atoms with E-state index >= 15 is 0 Å². The highest BCUT2D eigenvalue weighted by atomic mass is 31.2. The van der Waals surface area contributed by atoms with E-state index in [0.717, 1.165) is 28.0 Å². The van der Waals surface area contributed by atoms with Crippen molar-refractivity contribution >= 4 is 34.1 Å². The smallest absolute Gasteiger partial charge is 0.167 e. The van der Waals surface area contributed by atoms with Crippen LogP contribution in [0.4, 0.5) is 4.39 Å². The lowest BCUT2D eigenvalue weighted by Gasteiger charge is -2.27. The van der Waals surface area contributed by atoms with Crippen molar-refractivity contribution < 1.29 is 4.39 Å². The molecule has 162 valence electrons. The number of hydrogen-bond acceptors (Lipinski definition) is 2. The molecule has 5 rings (SSSR count). The van der Waals surface area contributed by atoms with Crippen molar-refractivity contribution in [3.63, 3.8) is 0 Å². The summed E-state index contributed by atoms with van der Waals surface area (Å²) < 4.78 is 14.1. The molecule has 1 heterocycles. The van der Waals surface area contributed by atoms with Gasteiger partial charge in [0, 0.05) is 11.1 Å². The summed E-state index contributed by atoms with van der Waals surface area (Å²) in [4.78, 5) is 9.88. The second-order valence-corrected chi connectivity index (χ2v) is 11.8. The molecule has 0 atom stereocenters. The largest absolute Gasteiger partial charge is 0.234 e. The van der Waals surface area contributed by atoms with Gasteiger partial charge in [-0.15, -0.1) is 0 Å². The lowest BCUT2D eigenvalue weighted by molar-refractivity contribution is 0.628. The van der Waals surface area contributed by atoms with Gasteiger partial charge in [0.15, 0.2) is 5.82 Å². The zero-order valence-corrected chi connectivity index (χ0v) is 19.6. The third kappa shape index (κ3) is 3.94. The minimum absolute atomic E-state index is 0.251. The predicted molar refractivity (Wildman–Crippen MR) is 138 cm³/mol. The molecule has 0 aliphatic heterocycles. The molecule has 2 nitrogen and oxygen atoms in total. The number of fused-ring (bicyclic) bond motifs is 1. The topological polar surface area (TPSA) is 25.8 Å². The van der Waals surface area contributed by atoms with Gasteiger partial charge in [-0.3, -0.25) is 0 Å².